The quantitative estimate of drug-likeness (QED) is 0.564. The first-order valence-electron chi connectivity index (χ1n) is 8.53. The van der Waals surface area contributed by atoms with E-state index in [1.54, 1.807) is 6.20 Å². The Morgan fingerprint density at radius 1 is 0.960 bits per heavy atom. The van der Waals surface area contributed by atoms with E-state index in [1.165, 1.54) is 0 Å². The van der Waals surface area contributed by atoms with Gasteiger partial charge in [-0.2, -0.15) is 0 Å². The highest BCUT2D eigenvalue weighted by Gasteiger charge is 2.22. The monoisotopic (exact) mass is 331 g/mol. The molecule has 1 aromatic carbocycles. The van der Waals surface area contributed by atoms with Crippen LogP contribution in [0.4, 0.5) is 0 Å². The molecule has 3 aromatic heterocycles. The number of benzene rings is 1. The average Bonchev–Trinajstić information content (AvgIpc) is 3.14. The van der Waals surface area contributed by atoms with Gasteiger partial charge >= 0.3 is 0 Å². The van der Waals surface area contributed by atoms with Gasteiger partial charge in [-0.15, -0.1) is 10.2 Å². The highest BCUT2D eigenvalue weighted by Crippen LogP contribution is 2.28. The Morgan fingerprint density at radius 2 is 1.80 bits per heavy atom. The lowest BCUT2D eigenvalue weighted by atomic mass is 9.99. The summed E-state index contributed by atoms with van der Waals surface area (Å²) in [5.41, 5.74) is 4.63. The standard InChI is InChI=1S/C19H17N5O/c1-2-4-13(5-3-1)15-10-17-16(11-20-15)21-12-18-22-23-19(24(17)18)14-6-8-25-9-7-14/h1-5,10-12,14H,6-9H2. The Morgan fingerprint density at radius 3 is 2.64 bits per heavy atom. The highest BCUT2D eigenvalue weighted by molar-refractivity contribution is 5.81. The Balaban J connectivity index is 1.73. The number of hydrogen-bond acceptors (Lipinski definition) is 5. The third kappa shape index (κ3) is 2.46. The van der Waals surface area contributed by atoms with Gasteiger partial charge in [0.25, 0.3) is 0 Å². The van der Waals surface area contributed by atoms with Crippen LogP contribution in [0.2, 0.25) is 0 Å². The topological polar surface area (TPSA) is 65.2 Å². The van der Waals surface area contributed by atoms with Crippen LogP contribution in [0.1, 0.15) is 24.6 Å². The molecule has 0 atom stereocenters. The number of aromatic nitrogens is 5. The molecular weight excluding hydrogens is 314 g/mol. The summed E-state index contributed by atoms with van der Waals surface area (Å²) in [5, 5.41) is 8.80. The van der Waals surface area contributed by atoms with Crippen molar-refractivity contribution in [2.75, 3.05) is 13.2 Å². The molecule has 0 amide bonds. The number of rotatable bonds is 2. The third-order valence-electron chi connectivity index (χ3n) is 4.79. The average molecular weight is 331 g/mol. The zero-order valence-corrected chi connectivity index (χ0v) is 13.7. The van der Waals surface area contributed by atoms with Crippen molar-refractivity contribution in [2.24, 2.45) is 0 Å². The molecule has 0 bridgehead atoms. The highest BCUT2D eigenvalue weighted by atomic mass is 16.5. The minimum atomic E-state index is 0.364. The van der Waals surface area contributed by atoms with Crippen LogP contribution in [0.15, 0.2) is 48.8 Å². The summed E-state index contributed by atoms with van der Waals surface area (Å²) in [6.45, 7) is 1.55. The lowest BCUT2D eigenvalue weighted by Gasteiger charge is -2.20. The normalized spacial score (nSPS) is 15.8. The van der Waals surface area contributed by atoms with Crippen molar-refractivity contribution in [1.29, 1.82) is 0 Å². The van der Waals surface area contributed by atoms with Gasteiger partial charge in [0.05, 0.1) is 23.6 Å². The van der Waals surface area contributed by atoms with Crippen molar-refractivity contribution in [1.82, 2.24) is 24.6 Å². The van der Waals surface area contributed by atoms with Crippen molar-refractivity contribution in [3.8, 4) is 11.3 Å². The molecular formula is C19H17N5O. The summed E-state index contributed by atoms with van der Waals surface area (Å²) in [4.78, 5) is 9.07. The third-order valence-corrected chi connectivity index (χ3v) is 4.79. The fourth-order valence-electron chi connectivity index (χ4n) is 3.47. The molecule has 0 radical (unpaired) electrons. The van der Waals surface area contributed by atoms with Gasteiger partial charge in [0, 0.05) is 24.7 Å². The van der Waals surface area contributed by atoms with Gasteiger partial charge in [-0.25, -0.2) is 4.98 Å². The summed E-state index contributed by atoms with van der Waals surface area (Å²) in [6, 6.07) is 12.3. The number of pyridine rings is 1. The SMILES string of the molecule is c1ccc(-c2cc3c(cn2)ncc2nnc(C4CCOCC4)n23)cc1. The lowest BCUT2D eigenvalue weighted by molar-refractivity contribution is 0.0834. The second-order valence-corrected chi connectivity index (χ2v) is 6.32. The molecule has 0 saturated carbocycles. The maximum Gasteiger partial charge on any atom is 0.179 e. The van der Waals surface area contributed by atoms with E-state index in [-0.39, 0.29) is 0 Å². The molecule has 0 unspecified atom stereocenters. The van der Waals surface area contributed by atoms with Gasteiger partial charge < -0.3 is 4.74 Å². The Hall–Kier alpha value is -2.86. The van der Waals surface area contributed by atoms with Crippen LogP contribution in [-0.2, 0) is 4.74 Å². The number of fused-ring (bicyclic) bond motifs is 3. The van der Waals surface area contributed by atoms with Crippen molar-refractivity contribution < 1.29 is 4.74 Å². The fraction of sp³-hybridized carbons (Fsp3) is 0.263. The molecule has 0 N–H and O–H groups in total. The van der Waals surface area contributed by atoms with Gasteiger partial charge in [0.15, 0.2) is 5.65 Å². The van der Waals surface area contributed by atoms with E-state index in [1.807, 2.05) is 24.4 Å². The van der Waals surface area contributed by atoms with Crippen LogP contribution in [0, 0.1) is 0 Å². The van der Waals surface area contributed by atoms with Crippen LogP contribution >= 0.6 is 0 Å². The lowest BCUT2D eigenvalue weighted by Crippen LogP contribution is -2.16. The second-order valence-electron chi connectivity index (χ2n) is 6.32. The molecule has 6 heteroatoms. The Kier molecular flexibility index (Phi) is 3.41. The maximum absolute atomic E-state index is 5.49. The minimum Gasteiger partial charge on any atom is -0.381 e. The first-order chi connectivity index (χ1) is 12.4. The van der Waals surface area contributed by atoms with Crippen LogP contribution in [-0.4, -0.2) is 37.8 Å². The van der Waals surface area contributed by atoms with Crippen molar-refractivity contribution in [3.63, 3.8) is 0 Å². The largest absolute Gasteiger partial charge is 0.381 e. The van der Waals surface area contributed by atoms with E-state index in [0.717, 1.165) is 59.8 Å². The molecule has 0 aliphatic carbocycles. The second kappa shape index (κ2) is 5.89. The van der Waals surface area contributed by atoms with E-state index in [2.05, 4.69) is 42.8 Å². The molecule has 6 nitrogen and oxygen atoms in total. The number of hydrogen-bond donors (Lipinski definition) is 0. The summed E-state index contributed by atoms with van der Waals surface area (Å²) in [7, 11) is 0. The van der Waals surface area contributed by atoms with E-state index < -0.39 is 0 Å². The number of nitrogens with zero attached hydrogens (tertiary/aromatic N) is 5. The Bertz CT molecular complexity index is 1040. The number of ether oxygens (including phenoxy) is 1. The van der Waals surface area contributed by atoms with E-state index in [0.29, 0.717) is 5.92 Å². The molecule has 1 aliphatic heterocycles. The molecule has 25 heavy (non-hydrogen) atoms. The van der Waals surface area contributed by atoms with Crippen LogP contribution < -0.4 is 0 Å². The molecule has 1 fully saturated rings. The van der Waals surface area contributed by atoms with Gasteiger partial charge in [0.2, 0.25) is 0 Å². The zero-order chi connectivity index (χ0) is 16.6. The van der Waals surface area contributed by atoms with Gasteiger partial charge in [-0.05, 0) is 18.9 Å². The maximum atomic E-state index is 5.49. The smallest absolute Gasteiger partial charge is 0.179 e. The summed E-state index contributed by atoms with van der Waals surface area (Å²) in [5.74, 6) is 1.36. The molecule has 5 rings (SSSR count). The van der Waals surface area contributed by atoms with Gasteiger partial charge in [-0.1, -0.05) is 30.3 Å². The van der Waals surface area contributed by atoms with Crippen molar-refractivity contribution >= 4 is 16.7 Å². The van der Waals surface area contributed by atoms with Gasteiger partial charge in [-0.3, -0.25) is 9.38 Å². The summed E-state index contributed by atoms with van der Waals surface area (Å²) < 4.78 is 7.63. The molecule has 4 heterocycles. The van der Waals surface area contributed by atoms with Crippen LogP contribution in [0.25, 0.3) is 27.9 Å². The predicted octanol–water partition coefficient (Wildman–Crippen LogP) is 3.23. The molecule has 124 valence electrons. The molecule has 1 aliphatic rings. The zero-order valence-electron chi connectivity index (χ0n) is 13.7. The first kappa shape index (κ1) is 14.5. The van der Waals surface area contributed by atoms with E-state index in [4.69, 9.17) is 4.74 Å². The van der Waals surface area contributed by atoms with Crippen molar-refractivity contribution in [3.05, 3.63) is 54.6 Å². The predicted molar refractivity (Wildman–Crippen MR) is 94.3 cm³/mol. The molecule has 4 aromatic rings. The van der Waals surface area contributed by atoms with Crippen LogP contribution in [0.5, 0.6) is 0 Å². The van der Waals surface area contributed by atoms with Crippen LogP contribution in [0.3, 0.4) is 0 Å². The molecule has 0 spiro atoms. The summed E-state index contributed by atoms with van der Waals surface area (Å²) >= 11 is 0. The Labute approximate surface area is 144 Å². The van der Waals surface area contributed by atoms with Crippen molar-refractivity contribution in [2.45, 2.75) is 18.8 Å². The fourth-order valence-corrected chi connectivity index (χ4v) is 3.47. The van der Waals surface area contributed by atoms with E-state index >= 15 is 0 Å². The summed E-state index contributed by atoms with van der Waals surface area (Å²) in [6.07, 6.45) is 5.54. The molecule has 1 saturated heterocycles. The van der Waals surface area contributed by atoms with Gasteiger partial charge in [0.1, 0.15) is 11.3 Å². The minimum absolute atomic E-state index is 0.364. The van der Waals surface area contributed by atoms with E-state index in [9.17, 15) is 0 Å². The first-order valence-corrected chi connectivity index (χ1v) is 8.53.